The molecular weight excluding hydrogens is 528 g/mol. The van der Waals surface area contributed by atoms with E-state index in [9.17, 15) is 9.59 Å². The molecule has 1 atom stereocenters. The summed E-state index contributed by atoms with van der Waals surface area (Å²) in [5, 5.41) is 16.0. The number of thioether (sulfide) groups is 1. The smallest absolute Gasteiger partial charge is 0.251 e. The Kier molecular flexibility index (Phi) is 8.89. The number of hydrogen-bond acceptors (Lipinski definition) is 5. The number of nitrogens with one attached hydrogen (secondary N) is 2. The van der Waals surface area contributed by atoms with Gasteiger partial charge in [0.2, 0.25) is 5.91 Å². The molecule has 0 aliphatic carbocycles. The highest BCUT2D eigenvalue weighted by molar-refractivity contribution is 7.99. The van der Waals surface area contributed by atoms with Gasteiger partial charge in [-0.2, -0.15) is 0 Å². The minimum atomic E-state index is -0.432. The van der Waals surface area contributed by atoms with Gasteiger partial charge in [-0.15, -0.1) is 10.2 Å². The van der Waals surface area contributed by atoms with Crippen LogP contribution in [0.5, 0.6) is 0 Å². The van der Waals surface area contributed by atoms with Gasteiger partial charge < -0.3 is 15.2 Å². The van der Waals surface area contributed by atoms with Gasteiger partial charge in [0.15, 0.2) is 11.0 Å². The lowest BCUT2D eigenvalue weighted by atomic mass is 10.2. The third-order valence-electron chi connectivity index (χ3n) is 4.51. The van der Waals surface area contributed by atoms with E-state index in [1.807, 2.05) is 11.5 Å². The van der Waals surface area contributed by atoms with Gasteiger partial charge in [-0.05, 0) is 50.2 Å². The van der Waals surface area contributed by atoms with E-state index in [1.54, 1.807) is 37.3 Å². The Morgan fingerprint density at radius 3 is 2.30 bits per heavy atom. The molecule has 2 aromatic carbocycles. The van der Waals surface area contributed by atoms with Crippen LogP contribution in [0.15, 0.2) is 41.6 Å². The summed E-state index contributed by atoms with van der Waals surface area (Å²) in [4.78, 5) is 24.9. The topological polar surface area (TPSA) is 88.9 Å². The number of anilines is 1. The van der Waals surface area contributed by atoms with Crippen LogP contribution in [0.25, 0.3) is 0 Å². The average molecular weight is 547 g/mol. The monoisotopic (exact) mass is 545 g/mol. The molecule has 0 fully saturated rings. The third-order valence-corrected chi connectivity index (χ3v) is 6.96. The van der Waals surface area contributed by atoms with Gasteiger partial charge in [0, 0.05) is 17.8 Å². The highest BCUT2D eigenvalue weighted by Crippen LogP contribution is 2.26. The van der Waals surface area contributed by atoms with Crippen LogP contribution in [0.3, 0.4) is 0 Å². The summed E-state index contributed by atoms with van der Waals surface area (Å²) in [5.74, 6) is 0.134. The summed E-state index contributed by atoms with van der Waals surface area (Å²) in [6.07, 6.45) is 0. The predicted molar refractivity (Wildman–Crippen MR) is 134 cm³/mol. The van der Waals surface area contributed by atoms with Crippen molar-refractivity contribution in [3.05, 3.63) is 67.9 Å². The normalized spacial score (nSPS) is 11.8. The van der Waals surface area contributed by atoms with Gasteiger partial charge in [0.1, 0.15) is 0 Å². The summed E-state index contributed by atoms with van der Waals surface area (Å²) >= 11 is 25.0. The predicted octanol–water partition coefficient (Wildman–Crippen LogP) is 6.13. The van der Waals surface area contributed by atoms with Crippen molar-refractivity contribution in [2.75, 3.05) is 11.1 Å². The SMILES string of the molecule is CCn1c(SCC(=O)Nc2ccc(Cl)c(Cl)c2)nnc1[C@H](C)NC(=O)c1ccc(Cl)c(Cl)c1. The summed E-state index contributed by atoms with van der Waals surface area (Å²) in [6, 6.07) is 9.09. The Morgan fingerprint density at radius 1 is 1.00 bits per heavy atom. The van der Waals surface area contributed by atoms with Crippen LogP contribution in [0.4, 0.5) is 5.69 Å². The van der Waals surface area contributed by atoms with Crippen molar-refractivity contribution in [1.82, 2.24) is 20.1 Å². The maximum atomic E-state index is 12.6. The van der Waals surface area contributed by atoms with Crippen LogP contribution in [0, 0.1) is 0 Å². The molecule has 0 saturated heterocycles. The molecule has 0 unspecified atom stereocenters. The quantitative estimate of drug-likeness (QED) is 0.331. The second-order valence-electron chi connectivity index (χ2n) is 6.87. The molecule has 33 heavy (non-hydrogen) atoms. The molecule has 174 valence electrons. The van der Waals surface area contributed by atoms with Crippen molar-refractivity contribution in [3.63, 3.8) is 0 Å². The fraction of sp³-hybridized carbons (Fsp3) is 0.238. The molecule has 0 saturated carbocycles. The molecule has 3 rings (SSSR count). The van der Waals surface area contributed by atoms with E-state index >= 15 is 0 Å². The van der Waals surface area contributed by atoms with E-state index in [0.29, 0.717) is 48.9 Å². The van der Waals surface area contributed by atoms with E-state index < -0.39 is 6.04 Å². The summed E-state index contributed by atoms with van der Waals surface area (Å²) < 4.78 is 1.84. The van der Waals surface area contributed by atoms with E-state index in [1.165, 1.54) is 17.8 Å². The van der Waals surface area contributed by atoms with Crippen LogP contribution in [0.1, 0.15) is 36.1 Å². The Labute approximate surface area is 215 Å². The van der Waals surface area contributed by atoms with Crippen molar-refractivity contribution >= 4 is 75.7 Å². The lowest BCUT2D eigenvalue weighted by Gasteiger charge is -2.15. The summed E-state index contributed by atoms with van der Waals surface area (Å²) in [5.41, 5.74) is 0.929. The zero-order chi connectivity index (χ0) is 24.1. The Balaban J connectivity index is 1.63. The van der Waals surface area contributed by atoms with Crippen LogP contribution in [-0.2, 0) is 11.3 Å². The zero-order valence-corrected chi connectivity index (χ0v) is 21.4. The maximum absolute atomic E-state index is 12.6. The maximum Gasteiger partial charge on any atom is 0.251 e. The van der Waals surface area contributed by atoms with Gasteiger partial charge in [-0.25, -0.2) is 0 Å². The number of nitrogens with zero attached hydrogens (tertiary/aromatic N) is 3. The molecule has 1 heterocycles. The van der Waals surface area contributed by atoms with Gasteiger partial charge in [-0.1, -0.05) is 58.2 Å². The number of benzene rings is 2. The number of carbonyl (C=O) groups excluding carboxylic acids is 2. The van der Waals surface area contributed by atoms with Gasteiger partial charge in [-0.3, -0.25) is 9.59 Å². The van der Waals surface area contributed by atoms with Gasteiger partial charge >= 0.3 is 0 Å². The van der Waals surface area contributed by atoms with Crippen molar-refractivity contribution in [1.29, 1.82) is 0 Å². The van der Waals surface area contributed by atoms with Crippen molar-refractivity contribution < 1.29 is 9.59 Å². The molecule has 0 spiro atoms. The molecule has 0 radical (unpaired) electrons. The molecule has 2 N–H and O–H groups in total. The van der Waals surface area contributed by atoms with E-state index in [4.69, 9.17) is 46.4 Å². The average Bonchev–Trinajstić information content (AvgIpc) is 3.19. The van der Waals surface area contributed by atoms with Crippen molar-refractivity contribution in [3.8, 4) is 0 Å². The number of rotatable bonds is 8. The highest BCUT2D eigenvalue weighted by Gasteiger charge is 2.20. The Bertz CT molecular complexity index is 1190. The summed E-state index contributed by atoms with van der Waals surface area (Å²) in [7, 11) is 0. The molecule has 7 nitrogen and oxygen atoms in total. The first-order chi connectivity index (χ1) is 15.7. The first-order valence-corrected chi connectivity index (χ1v) is 12.3. The first kappa shape index (κ1) is 25.6. The number of hydrogen-bond donors (Lipinski definition) is 2. The van der Waals surface area contributed by atoms with E-state index in [2.05, 4.69) is 20.8 Å². The molecule has 0 aliphatic heterocycles. The molecule has 0 bridgehead atoms. The van der Waals surface area contributed by atoms with E-state index in [0.717, 1.165) is 0 Å². The Morgan fingerprint density at radius 2 is 1.67 bits per heavy atom. The van der Waals surface area contributed by atoms with Crippen LogP contribution < -0.4 is 10.6 Å². The molecule has 1 aromatic heterocycles. The van der Waals surface area contributed by atoms with Crippen LogP contribution in [-0.4, -0.2) is 32.3 Å². The molecule has 12 heteroatoms. The van der Waals surface area contributed by atoms with Crippen molar-refractivity contribution in [2.45, 2.75) is 31.6 Å². The minimum Gasteiger partial charge on any atom is -0.342 e. The van der Waals surface area contributed by atoms with Gasteiger partial charge in [0.05, 0.1) is 31.9 Å². The first-order valence-electron chi connectivity index (χ1n) is 9.76. The lowest BCUT2D eigenvalue weighted by molar-refractivity contribution is -0.113. The number of halogens is 4. The fourth-order valence-electron chi connectivity index (χ4n) is 2.91. The molecule has 0 aliphatic rings. The van der Waals surface area contributed by atoms with Gasteiger partial charge in [0.25, 0.3) is 5.91 Å². The molecule has 3 aromatic rings. The summed E-state index contributed by atoms with van der Waals surface area (Å²) in [6.45, 7) is 4.29. The minimum absolute atomic E-state index is 0.113. The van der Waals surface area contributed by atoms with Crippen LogP contribution in [0.2, 0.25) is 20.1 Å². The third kappa shape index (κ3) is 6.55. The molecule has 2 amide bonds. The van der Waals surface area contributed by atoms with E-state index in [-0.39, 0.29) is 17.6 Å². The Hall–Kier alpha value is -1.97. The second kappa shape index (κ2) is 11.4. The zero-order valence-electron chi connectivity index (χ0n) is 17.5. The van der Waals surface area contributed by atoms with Crippen LogP contribution >= 0.6 is 58.2 Å². The standard InChI is InChI=1S/C21H19Cl4N5O2S/c1-3-30-19(11(2)26-20(32)12-4-6-14(22)16(24)8-12)28-29-21(30)33-10-18(31)27-13-5-7-15(23)17(25)9-13/h4-9,11H,3,10H2,1-2H3,(H,26,32)(H,27,31)/t11-/m0/s1. The highest BCUT2D eigenvalue weighted by atomic mass is 35.5. The second-order valence-corrected chi connectivity index (χ2v) is 9.45. The largest absolute Gasteiger partial charge is 0.342 e. The number of aromatic nitrogens is 3. The van der Waals surface area contributed by atoms with Crippen molar-refractivity contribution in [2.24, 2.45) is 0 Å². The molecular formula is C21H19Cl4N5O2S. The fourth-order valence-corrected chi connectivity index (χ4v) is 4.31. The number of carbonyl (C=O) groups is 2. The number of amides is 2. The lowest BCUT2D eigenvalue weighted by Crippen LogP contribution is -2.28.